The fraction of sp³-hybridized carbons (Fsp3) is 0.200. The van der Waals surface area contributed by atoms with Crippen molar-refractivity contribution in [3.63, 3.8) is 0 Å². The first kappa shape index (κ1) is 10.8. The Bertz CT molecular complexity index is 302. The van der Waals surface area contributed by atoms with Gasteiger partial charge in [-0.1, -0.05) is 0 Å². The third-order valence-corrected chi connectivity index (χ3v) is 0.583. The fourth-order valence-corrected chi connectivity index (χ4v) is 0.311. The van der Waals surface area contributed by atoms with Gasteiger partial charge in [-0.2, -0.15) is 8.42 Å². The minimum absolute atomic E-state index is 0.461. The molecule has 0 amide bonds. The van der Waals surface area contributed by atoms with Crippen molar-refractivity contribution < 1.29 is 13.0 Å². The Kier molecular flexibility index (Phi) is 4.16. The normalized spacial score (nSPS) is 9.83. The number of anilines is 1. The third kappa shape index (κ3) is 11.6. The lowest BCUT2D eigenvalue weighted by Gasteiger charge is -1.82. The highest BCUT2D eigenvalue weighted by Crippen LogP contribution is 1.84. The molecule has 0 aliphatic carbocycles. The summed E-state index contributed by atoms with van der Waals surface area (Å²) in [6.45, 7) is 0. The molecule has 0 aliphatic heterocycles. The number of aromatic nitrogens is 2. The molecule has 0 atom stereocenters. The van der Waals surface area contributed by atoms with E-state index in [1.807, 2.05) is 0 Å². The van der Waals surface area contributed by atoms with Crippen LogP contribution in [-0.4, -0.2) is 29.2 Å². The van der Waals surface area contributed by atoms with Crippen molar-refractivity contribution >= 4 is 15.9 Å². The van der Waals surface area contributed by atoms with Crippen LogP contribution < -0.4 is 5.73 Å². The molecular formula is C5H9N3O3S. The van der Waals surface area contributed by atoms with E-state index in [-0.39, 0.29) is 0 Å². The van der Waals surface area contributed by atoms with Crippen LogP contribution in [-0.2, 0) is 10.1 Å². The maximum atomic E-state index is 9.19. The van der Waals surface area contributed by atoms with Crippen molar-refractivity contribution in [2.24, 2.45) is 0 Å². The second-order valence-electron chi connectivity index (χ2n) is 1.86. The van der Waals surface area contributed by atoms with E-state index in [0.717, 1.165) is 0 Å². The molecule has 0 saturated heterocycles. The van der Waals surface area contributed by atoms with Crippen LogP contribution in [0, 0.1) is 0 Å². The lowest BCUT2D eigenvalue weighted by atomic mass is 10.7. The van der Waals surface area contributed by atoms with Crippen molar-refractivity contribution in [1.29, 1.82) is 0 Å². The summed E-state index contributed by atoms with van der Waals surface area (Å²) in [7, 11) is -3.67. The molecule has 0 aromatic carbocycles. The highest BCUT2D eigenvalue weighted by Gasteiger charge is 1.81. The first-order valence-electron chi connectivity index (χ1n) is 2.83. The van der Waals surface area contributed by atoms with Gasteiger partial charge in [-0.05, 0) is 0 Å². The minimum Gasteiger partial charge on any atom is -0.382 e. The van der Waals surface area contributed by atoms with E-state index in [0.29, 0.717) is 12.1 Å². The molecule has 0 saturated carbocycles. The maximum Gasteiger partial charge on any atom is 0.261 e. The smallest absolute Gasteiger partial charge is 0.261 e. The molecule has 1 aromatic rings. The van der Waals surface area contributed by atoms with Gasteiger partial charge in [0.05, 0.1) is 12.5 Å². The Balaban J connectivity index is 0.000000217. The highest BCUT2D eigenvalue weighted by molar-refractivity contribution is 7.85. The number of rotatable bonds is 0. The third-order valence-electron chi connectivity index (χ3n) is 0.583. The van der Waals surface area contributed by atoms with E-state index in [1.54, 1.807) is 12.4 Å². The summed E-state index contributed by atoms with van der Waals surface area (Å²) < 4.78 is 25.9. The molecule has 12 heavy (non-hydrogen) atoms. The van der Waals surface area contributed by atoms with Gasteiger partial charge < -0.3 is 5.73 Å². The Morgan fingerprint density at radius 2 is 2.00 bits per heavy atom. The predicted molar refractivity (Wildman–Crippen MR) is 43.9 cm³/mol. The molecule has 68 valence electrons. The molecule has 0 spiro atoms. The summed E-state index contributed by atoms with van der Waals surface area (Å²) in [5, 5.41) is 0. The Morgan fingerprint density at radius 3 is 2.17 bits per heavy atom. The van der Waals surface area contributed by atoms with Crippen LogP contribution >= 0.6 is 0 Å². The molecule has 0 bridgehead atoms. The Labute approximate surface area is 70.2 Å². The first-order chi connectivity index (χ1) is 5.39. The van der Waals surface area contributed by atoms with Crippen LogP contribution in [0.25, 0.3) is 0 Å². The zero-order chi connectivity index (χ0) is 9.61. The lowest BCUT2D eigenvalue weighted by Crippen LogP contribution is -1.88. The predicted octanol–water partition coefficient (Wildman–Crippen LogP) is -0.437. The topological polar surface area (TPSA) is 106 Å². The van der Waals surface area contributed by atoms with Gasteiger partial charge in [0.25, 0.3) is 10.1 Å². The lowest BCUT2D eigenvalue weighted by molar-refractivity contribution is 0.490. The molecule has 3 N–H and O–H groups in total. The van der Waals surface area contributed by atoms with Crippen molar-refractivity contribution in [3.8, 4) is 0 Å². The first-order valence-corrected chi connectivity index (χ1v) is 4.68. The Hall–Kier alpha value is -1.21. The van der Waals surface area contributed by atoms with Crippen LogP contribution in [0.5, 0.6) is 0 Å². The van der Waals surface area contributed by atoms with Gasteiger partial charge in [0.2, 0.25) is 0 Å². The van der Waals surface area contributed by atoms with E-state index in [2.05, 4.69) is 9.97 Å². The molecule has 0 unspecified atom stereocenters. The van der Waals surface area contributed by atoms with Gasteiger partial charge >= 0.3 is 0 Å². The number of hydrogen-bond donors (Lipinski definition) is 2. The largest absolute Gasteiger partial charge is 0.382 e. The summed E-state index contributed by atoms with van der Waals surface area (Å²) in [5.74, 6) is 0.461. The second-order valence-corrected chi connectivity index (χ2v) is 3.33. The number of nitrogens with zero attached hydrogens (tertiary/aromatic N) is 2. The van der Waals surface area contributed by atoms with E-state index in [9.17, 15) is 8.42 Å². The molecule has 1 rings (SSSR count). The molecule has 0 fully saturated rings. The van der Waals surface area contributed by atoms with Crippen molar-refractivity contribution in [2.45, 2.75) is 0 Å². The SMILES string of the molecule is CS(=O)(=O)O.Nc1cnccn1. The maximum absolute atomic E-state index is 9.19. The van der Waals surface area contributed by atoms with Gasteiger partial charge in [0.1, 0.15) is 5.82 Å². The van der Waals surface area contributed by atoms with Gasteiger partial charge in [-0.25, -0.2) is 4.98 Å². The van der Waals surface area contributed by atoms with Gasteiger partial charge in [-0.3, -0.25) is 9.54 Å². The van der Waals surface area contributed by atoms with E-state index < -0.39 is 10.1 Å². The van der Waals surface area contributed by atoms with Crippen LogP contribution in [0.1, 0.15) is 0 Å². The second kappa shape index (κ2) is 4.62. The molecule has 7 heteroatoms. The molecule has 1 aromatic heterocycles. The monoisotopic (exact) mass is 191 g/mol. The molecule has 0 aliphatic rings. The van der Waals surface area contributed by atoms with Crippen molar-refractivity contribution in [2.75, 3.05) is 12.0 Å². The molecule has 1 heterocycles. The molecule has 6 nitrogen and oxygen atoms in total. The van der Waals surface area contributed by atoms with Gasteiger partial charge in [-0.15, -0.1) is 0 Å². The average molecular weight is 191 g/mol. The van der Waals surface area contributed by atoms with Crippen molar-refractivity contribution in [1.82, 2.24) is 9.97 Å². The van der Waals surface area contributed by atoms with E-state index >= 15 is 0 Å². The van der Waals surface area contributed by atoms with Crippen LogP contribution in [0.15, 0.2) is 18.6 Å². The van der Waals surface area contributed by atoms with Crippen molar-refractivity contribution in [3.05, 3.63) is 18.6 Å². The summed E-state index contributed by atoms with van der Waals surface area (Å²) in [4.78, 5) is 7.39. The minimum atomic E-state index is -3.67. The van der Waals surface area contributed by atoms with Crippen LogP contribution in [0.2, 0.25) is 0 Å². The van der Waals surface area contributed by atoms with Crippen LogP contribution in [0.4, 0.5) is 5.82 Å². The summed E-state index contributed by atoms with van der Waals surface area (Å²) in [6, 6.07) is 0. The zero-order valence-electron chi connectivity index (χ0n) is 6.38. The quantitative estimate of drug-likeness (QED) is 0.538. The van der Waals surface area contributed by atoms with Crippen LogP contribution in [0.3, 0.4) is 0 Å². The van der Waals surface area contributed by atoms with Gasteiger partial charge in [0.15, 0.2) is 0 Å². The average Bonchev–Trinajstić information content (AvgIpc) is 1.85. The van der Waals surface area contributed by atoms with E-state index in [4.69, 9.17) is 10.3 Å². The number of nitrogens with two attached hydrogens (primary N) is 1. The Morgan fingerprint density at radius 1 is 1.50 bits per heavy atom. The summed E-state index contributed by atoms with van der Waals surface area (Å²) in [6.07, 6.45) is 5.35. The highest BCUT2D eigenvalue weighted by atomic mass is 32.2. The number of nitrogen functional groups attached to an aromatic ring is 1. The molecule has 0 radical (unpaired) electrons. The molecular weight excluding hydrogens is 182 g/mol. The van der Waals surface area contributed by atoms with Gasteiger partial charge in [0, 0.05) is 12.4 Å². The zero-order valence-corrected chi connectivity index (χ0v) is 7.19. The standard InChI is InChI=1S/C4H5N3.CH4O3S/c5-4-3-6-1-2-7-4;1-5(2,3)4/h1-3H,(H2,5,7);1H3,(H,2,3,4). The fourth-order valence-electron chi connectivity index (χ4n) is 0.311. The van der Waals surface area contributed by atoms with E-state index in [1.165, 1.54) is 6.20 Å². The summed E-state index contributed by atoms with van der Waals surface area (Å²) in [5.41, 5.74) is 5.18. The number of hydrogen-bond acceptors (Lipinski definition) is 5. The summed E-state index contributed by atoms with van der Waals surface area (Å²) >= 11 is 0.